The average molecular weight is 292 g/mol. The molecule has 2 rings (SSSR count). The molecule has 0 bridgehead atoms. The molecule has 0 saturated heterocycles. The number of benzene rings is 2. The van der Waals surface area contributed by atoms with Crippen molar-refractivity contribution in [2.45, 2.75) is 25.9 Å². The molecule has 0 aliphatic heterocycles. The number of aromatic hydroxyl groups is 2. The fourth-order valence-electron chi connectivity index (χ4n) is 2.07. The third-order valence-electron chi connectivity index (χ3n) is 3.22. The molecule has 1 unspecified atom stereocenters. The van der Waals surface area contributed by atoms with Gasteiger partial charge >= 0.3 is 0 Å². The molecule has 1 atom stereocenters. The Morgan fingerprint density at radius 2 is 1.75 bits per heavy atom. The van der Waals surface area contributed by atoms with E-state index in [1.807, 2.05) is 24.3 Å². The fourth-order valence-corrected chi connectivity index (χ4v) is 2.28. The largest absolute Gasteiger partial charge is 0.504 e. The Balaban J connectivity index is 1.94. The summed E-state index contributed by atoms with van der Waals surface area (Å²) in [6.45, 7) is 2.55. The van der Waals surface area contributed by atoms with Crippen molar-refractivity contribution in [1.29, 1.82) is 0 Å². The van der Waals surface area contributed by atoms with Gasteiger partial charge in [0.25, 0.3) is 0 Å². The number of phenolic OH excluding ortho intramolecular Hbond substituents is 2. The number of hydrogen-bond acceptors (Lipinski definition) is 3. The first kappa shape index (κ1) is 14.7. The van der Waals surface area contributed by atoms with E-state index in [4.69, 9.17) is 11.6 Å². The predicted octanol–water partition coefficient (Wildman–Crippen LogP) is 3.47. The summed E-state index contributed by atoms with van der Waals surface area (Å²) >= 11 is 6.13. The van der Waals surface area contributed by atoms with Gasteiger partial charge in [-0.25, -0.2) is 0 Å². The SMILES string of the molecule is CC(Cc1ccccc1Cl)NCc1cccc(O)c1O. The van der Waals surface area contributed by atoms with Gasteiger partial charge in [0.15, 0.2) is 11.5 Å². The van der Waals surface area contributed by atoms with Crippen LogP contribution in [0.15, 0.2) is 42.5 Å². The van der Waals surface area contributed by atoms with Crippen LogP contribution in [0.1, 0.15) is 18.1 Å². The Labute approximate surface area is 123 Å². The minimum atomic E-state index is -0.0944. The Morgan fingerprint density at radius 1 is 1.05 bits per heavy atom. The standard InChI is InChI=1S/C16H18ClNO2/c1-11(9-12-5-2-3-7-14(12)17)18-10-13-6-4-8-15(19)16(13)20/h2-8,11,18-20H,9-10H2,1H3. The summed E-state index contributed by atoms with van der Waals surface area (Å²) in [4.78, 5) is 0. The molecule has 0 aromatic heterocycles. The number of hydrogen-bond donors (Lipinski definition) is 3. The van der Waals surface area contributed by atoms with E-state index in [9.17, 15) is 10.2 Å². The van der Waals surface area contributed by atoms with E-state index in [1.165, 1.54) is 6.07 Å². The van der Waals surface area contributed by atoms with Crippen LogP contribution in [0.3, 0.4) is 0 Å². The van der Waals surface area contributed by atoms with Crippen molar-refractivity contribution in [3.63, 3.8) is 0 Å². The van der Waals surface area contributed by atoms with Gasteiger partial charge < -0.3 is 15.5 Å². The normalized spacial score (nSPS) is 12.3. The summed E-state index contributed by atoms with van der Waals surface area (Å²) in [7, 11) is 0. The molecule has 2 aromatic rings. The van der Waals surface area contributed by atoms with Crippen molar-refractivity contribution in [2.24, 2.45) is 0 Å². The molecule has 0 radical (unpaired) electrons. The first-order valence-electron chi connectivity index (χ1n) is 6.54. The van der Waals surface area contributed by atoms with Gasteiger partial charge in [0.05, 0.1) is 0 Å². The van der Waals surface area contributed by atoms with Gasteiger partial charge in [0, 0.05) is 23.2 Å². The van der Waals surface area contributed by atoms with Gasteiger partial charge in [-0.15, -0.1) is 0 Å². The number of nitrogens with one attached hydrogen (secondary N) is 1. The molecule has 4 heteroatoms. The van der Waals surface area contributed by atoms with Crippen LogP contribution in [0.4, 0.5) is 0 Å². The molecule has 2 aromatic carbocycles. The molecule has 3 N–H and O–H groups in total. The number of halogens is 1. The summed E-state index contributed by atoms with van der Waals surface area (Å²) in [5, 5.41) is 23.3. The fraction of sp³-hybridized carbons (Fsp3) is 0.250. The second-order valence-electron chi connectivity index (χ2n) is 4.86. The minimum absolute atomic E-state index is 0.0649. The van der Waals surface area contributed by atoms with Crippen molar-refractivity contribution in [2.75, 3.05) is 0 Å². The molecule has 0 saturated carbocycles. The van der Waals surface area contributed by atoms with Crippen molar-refractivity contribution in [3.05, 3.63) is 58.6 Å². The summed E-state index contributed by atoms with van der Waals surface area (Å²) in [5.74, 6) is -0.159. The zero-order valence-electron chi connectivity index (χ0n) is 11.3. The van der Waals surface area contributed by atoms with Crippen molar-refractivity contribution in [1.82, 2.24) is 5.32 Å². The van der Waals surface area contributed by atoms with Crippen LogP contribution < -0.4 is 5.32 Å². The van der Waals surface area contributed by atoms with Crippen LogP contribution in [-0.2, 0) is 13.0 Å². The van der Waals surface area contributed by atoms with E-state index in [-0.39, 0.29) is 17.5 Å². The maximum atomic E-state index is 9.73. The Kier molecular flexibility index (Phi) is 4.88. The third kappa shape index (κ3) is 3.65. The predicted molar refractivity (Wildman–Crippen MR) is 81.2 cm³/mol. The lowest BCUT2D eigenvalue weighted by molar-refractivity contribution is 0.396. The maximum Gasteiger partial charge on any atom is 0.161 e. The monoisotopic (exact) mass is 291 g/mol. The summed E-state index contributed by atoms with van der Waals surface area (Å²) in [6.07, 6.45) is 0.805. The molecule has 0 spiro atoms. The molecule has 0 amide bonds. The Morgan fingerprint density at radius 3 is 2.50 bits per heavy atom. The van der Waals surface area contributed by atoms with Crippen molar-refractivity contribution in [3.8, 4) is 11.5 Å². The van der Waals surface area contributed by atoms with E-state index < -0.39 is 0 Å². The van der Waals surface area contributed by atoms with E-state index in [0.29, 0.717) is 12.1 Å². The lowest BCUT2D eigenvalue weighted by atomic mass is 10.1. The van der Waals surface area contributed by atoms with Crippen LogP contribution in [0.5, 0.6) is 11.5 Å². The lowest BCUT2D eigenvalue weighted by Crippen LogP contribution is -2.27. The molecular weight excluding hydrogens is 274 g/mol. The Bertz CT molecular complexity index is 586. The minimum Gasteiger partial charge on any atom is -0.504 e. The zero-order valence-corrected chi connectivity index (χ0v) is 12.1. The van der Waals surface area contributed by atoms with Gasteiger partial charge in [0.2, 0.25) is 0 Å². The molecule has 3 nitrogen and oxygen atoms in total. The van der Waals surface area contributed by atoms with Crippen molar-refractivity contribution >= 4 is 11.6 Å². The first-order valence-corrected chi connectivity index (χ1v) is 6.92. The topological polar surface area (TPSA) is 52.5 Å². The van der Waals surface area contributed by atoms with Gasteiger partial charge in [-0.1, -0.05) is 41.9 Å². The van der Waals surface area contributed by atoms with Crippen molar-refractivity contribution < 1.29 is 10.2 Å². The van der Waals surface area contributed by atoms with E-state index in [0.717, 1.165) is 17.0 Å². The Hall–Kier alpha value is -1.71. The maximum absolute atomic E-state index is 9.73. The molecule has 0 aliphatic rings. The highest BCUT2D eigenvalue weighted by Crippen LogP contribution is 2.28. The second kappa shape index (κ2) is 6.64. The lowest BCUT2D eigenvalue weighted by Gasteiger charge is -2.15. The van der Waals surface area contributed by atoms with Gasteiger partial charge in [-0.3, -0.25) is 0 Å². The number of para-hydroxylation sites is 1. The van der Waals surface area contributed by atoms with Crippen LogP contribution in [0.25, 0.3) is 0 Å². The van der Waals surface area contributed by atoms with Crippen LogP contribution in [0.2, 0.25) is 5.02 Å². The van der Waals surface area contributed by atoms with Gasteiger partial charge in [-0.2, -0.15) is 0 Å². The highest BCUT2D eigenvalue weighted by atomic mass is 35.5. The zero-order chi connectivity index (χ0) is 14.5. The average Bonchev–Trinajstić information content (AvgIpc) is 2.43. The first-order chi connectivity index (χ1) is 9.58. The number of phenols is 2. The molecule has 106 valence electrons. The summed E-state index contributed by atoms with van der Waals surface area (Å²) in [6, 6.07) is 12.9. The smallest absolute Gasteiger partial charge is 0.161 e. The second-order valence-corrected chi connectivity index (χ2v) is 5.27. The van der Waals surface area contributed by atoms with Crippen LogP contribution in [-0.4, -0.2) is 16.3 Å². The van der Waals surface area contributed by atoms with Gasteiger partial charge in [0.1, 0.15) is 0 Å². The molecule has 0 aliphatic carbocycles. The van der Waals surface area contributed by atoms with E-state index in [2.05, 4.69) is 12.2 Å². The highest BCUT2D eigenvalue weighted by molar-refractivity contribution is 6.31. The third-order valence-corrected chi connectivity index (χ3v) is 3.59. The quantitative estimate of drug-likeness (QED) is 0.739. The molecule has 0 heterocycles. The summed E-state index contributed by atoms with van der Waals surface area (Å²) < 4.78 is 0. The summed E-state index contributed by atoms with van der Waals surface area (Å²) in [5.41, 5.74) is 1.77. The van der Waals surface area contributed by atoms with E-state index >= 15 is 0 Å². The van der Waals surface area contributed by atoms with E-state index in [1.54, 1.807) is 12.1 Å². The van der Waals surface area contributed by atoms with Crippen LogP contribution >= 0.6 is 11.6 Å². The van der Waals surface area contributed by atoms with Gasteiger partial charge in [-0.05, 0) is 31.0 Å². The number of rotatable bonds is 5. The molecule has 20 heavy (non-hydrogen) atoms. The van der Waals surface area contributed by atoms with Crippen LogP contribution in [0, 0.1) is 0 Å². The molecule has 0 fully saturated rings. The molecular formula is C16H18ClNO2. The highest BCUT2D eigenvalue weighted by Gasteiger charge is 2.09.